The Balaban J connectivity index is 1.20. The lowest BCUT2D eigenvalue weighted by molar-refractivity contribution is -0.148. The summed E-state index contributed by atoms with van der Waals surface area (Å²) in [4.78, 5) is 34.8. The molecule has 9 nitrogen and oxygen atoms in total. The fourth-order valence-electron chi connectivity index (χ4n) is 5.77. The summed E-state index contributed by atoms with van der Waals surface area (Å²) in [5.41, 5.74) is 1.43. The third kappa shape index (κ3) is 6.29. The number of rotatable bonds is 4. The Morgan fingerprint density at radius 2 is 1.77 bits per heavy atom. The number of amides is 2. The van der Waals surface area contributed by atoms with Crippen molar-refractivity contribution in [2.45, 2.75) is 51.9 Å². The monoisotopic (exact) mass is 546 g/mol. The quantitative estimate of drug-likeness (QED) is 0.468. The number of nitrogens with zero attached hydrogens (tertiary/aromatic N) is 4. The zero-order chi connectivity index (χ0) is 28.0. The van der Waals surface area contributed by atoms with Gasteiger partial charge in [0.25, 0.3) is 11.8 Å². The second-order valence-electron chi connectivity index (χ2n) is 10.8. The minimum Gasteiger partial charge on any atom is -0.491 e. The van der Waals surface area contributed by atoms with Gasteiger partial charge in [-0.3, -0.25) is 9.59 Å². The first-order valence-electron chi connectivity index (χ1n) is 14.2. The molecule has 3 aromatic rings. The van der Waals surface area contributed by atoms with E-state index in [-0.39, 0.29) is 18.4 Å². The van der Waals surface area contributed by atoms with Crippen molar-refractivity contribution in [3.63, 3.8) is 0 Å². The van der Waals surface area contributed by atoms with Gasteiger partial charge in [-0.05, 0) is 62.8 Å². The fourth-order valence-corrected chi connectivity index (χ4v) is 5.77. The van der Waals surface area contributed by atoms with Crippen LogP contribution in [-0.2, 0) is 16.0 Å². The molecule has 212 valence electrons. The zero-order valence-corrected chi connectivity index (χ0v) is 23.4. The highest BCUT2D eigenvalue weighted by Crippen LogP contribution is 2.39. The Morgan fingerprint density at radius 3 is 2.58 bits per heavy atom. The van der Waals surface area contributed by atoms with Crippen LogP contribution < -0.4 is 9.47 Å². The average molecular weight is 547 g/mol. The Kier molecular flexibility index (Phi) is 8.67. The van der Waals surface area contributed by atoms with Crippen molar-refractivity contribution in [2.75, 3.05) is 39.9 Å². The van der Waals surface area contributed by atoms with Gasteiger partial charge in [0.15, 0.2) is 12.4 Å². The van der Waals surface area contributed by atoms with Crippen LogP contribution in [0.2, 0.25) is 0 Å². The van der Waals surface area contributed by atoms with Gasteiger partial charge in [0.2, 0.25) is 5.91 Å². The molecule has 1 spiro atoms. The molecule has 2 aromatic carbocycles. The molecule has 2 amide bonds. The van der Waals surface area contributed by atoms with E-state index in [4.69, 9.17) is 14.0 Å². The van der Waals surface area contributed by atoms with Crippen LogP contribution >= 0.6 is 0 Å². The molecule has 1 aromatic heterocycles. The van der Waals surface area contributed by atoms with Crippen molar-refractivity contribution in [1.29, 1.82) is 0 Å². The molecule has 0 saturated carbocycles. The van der Waals surface area contributed by atoms with Crippen molar-refractivity contribution < 1.29 is 23.6 Å². The number of benzene rings is 2. The van der Waals surface area contributed by atoms with Crippen LogP contribution in [0.1, 0.15) is 49.9 Å². The largest absolute Gasteiger partial charge is 0.491 e. The predicted octanol–water partition coefficient (Wildman–Crippen LogP) is 4.69. The molecule has 2 aliphatic rings. The number of hydrogen-bond donors (Lipinski definition) is 0. The Labute approximate surface area is 235 Å². The van der Waals surface area contributed by atoms with Crippen LogP contribution in [0, 0.1) is 12.3 Å². The van der Waals surface area contributed by atoms with Crippen LogP contribution in [0.25, 0.3) is 11.5 Å². The van der Waals surface area contributed by atoms with Gasteiger partial charge in [-0.25, -0.2) is 0 Å². The number of likely N-dealkylation sites (N-methyl/N-ethyl adjacent to an activating group) is 1. The molecule has 9 heteroatoms. The van der Waals surface area contributed by atoms with E-state index in [0.717, 1.165) is 37.9 Å². The maximum absolute atomic E-state index is 13.8. The Bertz CT molecular complexity index is 1310. The topological polar surface area (TPSA) is 98.0 Å². The Morgan fingerprint density at radius 1 is 1.00 bits per heavy atom. The second-order valence-corrected chi connectivity index (χ2v) is 10.8. The van der Waals surface area contributed by atoms with E-state index in [1.165, 1.54) is 5.56 Å². The predicted molar refractivity (Wildman–Crippen MR) is 150 cm³/mol. The summed E-state index contributed by atoms with van der Waals surface area (Å²) in [5.74, 6) is 2.39. The molecule has 0 unspecified atom stereocenters. The van der Waals surface area contributed by atoms with Gasteiger partial charge in [0, 0.05) is 20.1 Å². The van der Waals surface area contributed by atoms with Crippen molar-refractivity contribution >= 4 is 11.8 Å². The number of hydrogen-bond acceptors (Lipinski definition) is 7. The van der Waals surface area contributed by atoms with Crippen molar-refractivity contribution in [2.24, 2.45) is 5.41 Å². The number of carbonyl (C=O) groups is 2. The van der Waals surface area contributed by atoms with Crippen LogP contribution in [0.15, 0.2) is 53.1 Å². The standard InChI is InChI=1S/C31H38N4O5/c1-23-32-29(40-33-23)25-12-6-8-14-27(25)39-22-28(36)35-18-16-31(17-19-35)15-9-3-4-10-24-11-5-7-13-26(24)38-21-20-34(2)30(31)37/h5-8,11-14H,3-4,9-10,15-22H2,1-2H3. The summed E-state index contributed by atoms with van der Waals surface area (Å²) in [6.45, 7) is 3.72. The van der Waals surface area contributed by atoms with Crippen molar-refractivity contribution in [1.82, 2.24) is 19.9 Å². The first kappa shape index (κ1) is 27.7. The van der Waals surface area contributed by atoms with Gasteiger partial charge in [-0.15, -0.1) is 0 Å². The van der Waals surface area contributed by atoms with E-state index < -0.39 is 5.41 Å². The summed E-state index contributed by atoms with van der Waals surface area (Å²) in [6, 6.07) is 15.5. The summed E-state index contributed by atoms with van der Waals surface area (Å²) in [6.07, 6.45) is 6.24. The molecule has 0 atom stereocenters. The lowest BCUT2D eigenvalue weighted by Gasteiger charge is -2.42. The molecule has 1 fully saturated rings. The molecule has 40 heavy (non-hydrogen) atoms. The van der Waals surface area contributed by atoms with E-state index in [1.54, 1.807) is 13.0 Å². The lowest BCUT2D eigenvalue weighted by atomic mass is 9.73. The van der Waals surface area contributed by atoms with E-state index >= 15 is 0 Å². The van der Waals surface area contributed by atoms with E-state index in [9.17, 15) is 9.59 Å². The SMILES string of the molecule is Cc1noc(-c2ccccc2OCC(=O)N2CCC3(CCCCCc4ccccc4OCCN(C)C3=O)CC2)n1. The van der Waals surface area contributed by atoms with Gasteiger partial charge in [0.1, 0.15) is 18.1 Å². The average Bonchev–Trinajstić information content (AvgIpc) is 3.42. The molecular formula is C31H38N4O5. The normalized spacial score (nSPS) is 18.2. The summed E-state index contributed by atoms with van der Waals surface area (Å²) < 4.78 is 17.3. The number of ether oxygens (including phenoxy) is 2. The number of carbonyl (C=O) groups excluding carboxylic acids is 2. The van der Waals surface area contributed by atoms with E-state index in [1.807, 2.05) is 47.2 Å². The maximum atomic E-state index is 13.8. The maximum Gasteiger partial charge on any atom is 0.261 e. The molecular weight excluding hydrogens is 508 g/mol. The van der Waals surface area contributed by atoms with Gasteiger partial charge < -0.3 is 23.8 Å². The molecule has 5 rings (SSSR count). The molecule has 3 heterocycles. The highest BCUT2D eigenvalue weighted by Gasteiger charge is 2.43. The molecule has 0 aliphatic carbocycles. The molecule has 2 aliphatic heterocycles. The van der Waals surface area contributed by atoms with E-state index in [0.29, 0.717) is 62.1 Å². The number of aromatic nitrogens is 2. The zero-order valence-electron chi connectivity index (χ0n) is 23.4. The minimum atomic E-state index is -0.449. The third-order valence-corrected chi connectivity index (χ3v) is 8.13. The third-order valence-electron chi connectivity index (χ3n) is 8.13. The fraction of sp³-hybridized carbons (Fsp3) is 0.484. The lowest BCUT2D eigenvalue weighted by Crippen LogP contribution is -2.51. The number of fused-ring (bicyclic) bond motifs is 1. The highest BCUT2D eigenvalue weighted by molar-refractivity contribution is 5.83. The van der Waals surface area contributed by atoms with Gasteiger partial charge in [0.05, 0.1) is 17.5 Å². The molecule has 0 radical (unpaired) electrons. The smallest absolute Gasteiger partial charge is 0.261 e. The first-order valence-corrected chi connectivity index (χ1v) is 14.2. The van der Waals surface area contributed by atoms with Crippen molar-refractivity contribution in [3.8, 4) is 23.0 Å². The van der Waals surface area contributed by atoms with Gasteiger partial charge in [-0.1, -0.05) is 48.3 Å². The number of likely N-dealkylation sites (tertiary alicyclic amines) is 1. The second kappa shape index (κ2) is 12.5. The van der Waals surface area contributed by atoms with E-state index in [2.05, 4.69) is 22.3 Å². The van der Waals surface area contributed by atoms with Gasteiger partial charge >= 0.3 is 0 Å². The molecule has 0 bridgehead atoms. The van der Waals surface area contributed by atoms with Crippen molar-refractivity contribution in [3.05, 3.63) is 59.9 Å². The van der Waals surface area contributed by atoms with Crippen LogP contribution in [0.5, 0.6) is 11.5 Å². The molecule has 1 saturated heterocycles. The number of piperidine rings is 1. The molecule has 0 N–H and O–H groups in total. The summed E-state index contributed by atoms with van der Waals surface area (Å²) in [5, 5.41) is 3.85. The Hall–Kier alpha value is -3.88. The van der Waals surface area contributed by atoms with Crippen LogP contribution in [-0.4, -0.2) is 71.7 Å². The van der Waals surface area contributed by atoms with Crippen LogP contribution in [0.4, 0.5) is 0 Å². The van der Waals surface area contributed by atoms with Crippen LogP contribution in [0.3, 0.4) is 0 Å². The van der Waals surface area contributed by atoms with Gasteiger partial charge in [-0.2, -0.15) is 4.98 Å². The number of aryl methyl sites for hydroxylation is 2. The summed E-state index contributed by atoms with van der Waals surface area (Å²) in [7, 11) is 1.87. The first-order chi connectivity index (χ1) is 19.4. The number of para-hydroxylation sites is 2. The highest BCUT2D eigenvalue weighted by atomic mass is 16.5. The minimum absolute atomic E-state index is 0.0944. The summed E-state index contributed by atoms with van der Waals surface area (Å²) >= 11 is 0.